The SMILES string of the molecule is CCOc1cccc2cccc(C#N)c12. The lowest BCUT2D eigenvalue weighted by Gasteiger charge is -2.08. The van der Waals surface area contributed by atoms with E-state index in [0.29, 0.717) is 12.2 Å². The summed E-state index contributed by atoms with van der Waals surface area (Å²) in [7, 11) is 0. The van der Waals surface area contributed by atoms with Crippen LogP contribution in [0.1, 0.15) is 12.5 Å². The van der Waals surface area contributed by atoms with Crippen LogP contribution in [-0.2, 0) is 0 Å². The summed E-state index contributed by atoms with van der Waals surface area (Å²) in [6.45, 7) is 2.55. The molecule has 0 amide bonds. The maximum Gasteiger partial charge on any atom is 0.128 e. The first-order valence-corrected chi connectivity index (χ1v) is 4.91. The van der Waals surface area contributed by atoms with Crippen LogP contribution in [0.3, 0.4) is 0 Å². The zero-order chi connectivity index (χ0) is 10.7. The quantitative estimate of drug-likeness (QED) is 0.741. The Morgan fingerprint density at radius 3 is 2.60 bits per heavy atom. The van der Waals surface area contributed by atoms with Crippen LogP contribution >= 0.6 is 0 Å². The summed E-state index contributed by atoms with van der Waals surface area (Å²) in [6, 6.07) is 13.7. The Morgan fingerprint density at radius 2 is 1.93 bits per heavy atom. The second-order valence-corrected chi connectivity index (χ2v) is 3.20. The third-order valence-corrected chi connectivity index (χ3v) is 2.29. The number of fused-ring (bicyclic) bond motifs is 1. The van der Waals surface area contributed by atoms with Crippen molar-refractivity contribution in [1.29, 1.82) is 5.26 Å². The molecule has 0 heterocycles. The Labute approximate surface area is 88.7 Å². The highest BCUT2D eigenvalue weighted by Crippen LogP contribution is 2.28. The molecule has 15 heavy (non-hydrogen) atoms. The van der Waals surface area contributed by atoms with Crippen LogP contribution < -0.4 is 4.74 Å². The minimum absolute atomic E-state index is 0.610. The molecule has 2 nitrogen and oxygen atoms in total. The topological polar surface area (TPSA) is 33.0 Å². The van der Waals surface area contributed by atoms with Gasteiger partial charge in [-0.25, -0.2) is 0 Å². The molecule has 0 aliphatic carbocycles. The number of hydrogen-bond donors (Lipinski definition) is 0. The van der Waals surface area contributed by atoms with E-state index in [1.54, 1.807) is 0 Å². The summed E-state index contributed by atoms with van der Waals surface area (Å²) in [5, 5.41) is 11.0. The first kappa shape index (κ1) is 9.54. The molecule has 2 aromatic rings. The Bertz CT molecular complexity index is 520. The second kappa shape index (κ2) is 4.02. The maximum atomic E-state index is 9.02. The van der Waals surface area contributed by atoms with E-state index in [1.807, 2.05) is 43.3 Å². The predicted molar refractivity (Wildman–Crippen MR) is 59.8 cm³/mol. The van der Waals surface area contributed by atoms with E-state index in [2.05, 4.69) is 6.07 Å². The summed E-state index contributed by atoms with van der Waals surface area (Å²) < 4.78 is 5.51. The van der Waals surface area contributed by atoms with Crippen molar-refractivity contribution in [3.8, 4) is 11.8 Å². The van der Waals surface area contributed by atoms with Crippen LogP contribution in [0.2, 0.25) is 0 Å². The van der Waals surface area contributed by atoms with Gasteiger partial charge in [-0.1, -0.05) is 24.3 Å². The van der Waals surface area contributed by atoms with E-state index in [4.69, 9.17) is 10.00 Å². The molecule has 0 fully saturated rings. The van der Waals surface area contributed by atoms with Gasteiger partial charge in [0.1, 0.15) is 5.75 Å². The molecular weight excluding hydrogens is 186 g/mol. The van der Waals surface area contributed by atoms with Gasteiger partial charge in [0, 0.05) is 5.39 Å². The fraction of sp³-hybridized carbons (Fsp3) is 0.154. The fourth-order valence-corrected chi connectivity index (χ4v) is 1.68. The van der Waals surface area contributed by atoms with Gasteiger partial charge >= 0.3 is 0 Å². The van der Waals surface area contributed by atoms with Gasteiger partial charge in [-0.3, -0.25) is 0 Å². The van der Waals surface area contributed by atoms with E-state index >= 15 is 0 Å². The van der Waals surface area contributed by atoms with E-state index in [1.165, 1.54) is 0 Å². The highest BCUT2D eigenvalue weighted by molar-refractivity contribution is 5.93. The Kier molecular flexibility index (Phi) is 2.55. The highest BCUT2D eigenvalue weighted by atomic mass is 16.5. The third-order valence-electron chi connectivity index (χ3n) is 2.29. The summed E-state index contributed by atoms with van der Waals surface area (Å²) >= 11 is 0. The van der Waals surface area contributed by atoms with E-state index in [0.717, 1.165) is 16.5 Å². The van der Waals surface area contributed by atoms with Gasteiger partial charge in [0.05, 0.1) is 18.2 Å². The summed E-state index contributed by atoms with van der Waals surface area (Å²) in [5.41, 5.74) is 0.663. The third kappa shape index (κ3) is 1.64. The van der Waals surface area contributed by atoms with Crippen molar-refractivity contribution in [2.75, 3.05) is 6.61 Å². The smallest absolute Gasteiger partial charge is 0.128 e. The molecule has 2 heteroatoms. The molecule has 74 valence electrons. The van der Waals surface area contributed by atoms with Gasteiger partial charge in [0.2, 0.25) is 0 Å². The van der Waals surface area contributed by atoms with E-state index < -0.39 is 0 Å². The molecule has 0 spiro atoms. The monoisotopic (exact) mass is 197 g/mol. The molecule has 0 radical (unpaired) electrons. The molecule has 0 aliphatic rings. The zero-order valence-corrected chi connectivity index (χ0v) is 8.53. The molecule has 0 N–H and O–H groups in total. The number of nitriles is 1. The minimum Gasteiger partial charge on any atom is -0.493 e. The standard InChI is InChI=1S/C13H11NO/c1-2-15-12-8-4-6-10-5-3-7-11(9-14)13(10)12/h3-8H,2H2,1H3. The molecular formula is C13H11NO. The Balaban J connectivity index is 2.76. The largest absolute Gasteiger partial charge is 0.493 e. The van der Waals surface area contributed by atoms with Gasteiger partial charge in [-0.05, 0) is 24.4 Å². The van der Waals surface area contributed by atoms with Crippen LogP contribution in [-0.4, -0.2) is 6.61 Å². The number of nitrogens with zero attached hydrogens (tertiary/aromatic N) is 1. The van der Waals surface area contributed by atoms with Gasteiger partial charge in [0.15, 0.2) is 0 Å². The molecule has 2 rings (SSSR count). The van der Waals surface area contributed by atoms with Gasteiger partial charge < -0.3 is 4.74 Å². The molecule has 0 aliphatic heterocycles. The lowest BCUT2D eigenvalue weighted by Crippen LogP contribution is -1.93. The van der Waals surface area contributed by atoms with Gasteiger partial charge in [-0.15, -0.1) is 0 Å². The average molecular weight is 197 g/mol. The number of hydrogen-bond acceptors (Lipinski definition) is 2. The molecule has 0 aromatic heterocycles. The van der Waals surface area contributed by atoms with Crippen molar-refractivity contribution >= 4 is 10.8 Å². The first-order chi connectivity index (χ1) is 7.36. The zero-order valence-electron chi connectivity index (χ0n) is 8.53. The van der Waals surface area contributed by atoms with Crippen LogP contribution in [0.15, 0.2) is 36.4 Å². The maximum absolute atomic E-state index is 9.02. The molecule has 0 atom stereocenters. The predicted octanol–water partition coefficient (Wildman–Crippen LogP) is 3.11. The molecule has 0 saturated heterocycles. The van der Waals surface area contributed by atoms with Crippen molar-refractivity contribution in [2.45, 2.75) is 6.92 Å². The number of rotatable bonds is 2. The van der Waals surface area contributed by atoms with Crippen LogP contribution in [0, 0.1) is 11.3 Å². The van der Waals surface area contributed by atoms with Crippen molar-refractivity contribution in [1.82, 2.24) is 0 Å². The van der Waals surface area contributed by atoms with Crippen LogP contribution in [0.25, 0.3) is 10.8 Å². The lowest BCUT2D eigenvalue weighted by molar-refractivity contribution is 0.344. The Hall–Kier alpha value is -2.01. The Morgan fingerprint density at radius 1 is 1.20 bits per heavy atom. The van der Waals surface area contributed by atoms with Gasteiger partial charge in [-0.2, -0.15) is 5.26 Å². The highest BCUT2D eigenvalue weighted by Gasteiger charge is 2.05. The van der Waals surface area contributed by atoms with Crippen molar-refractivity contribution < 1.29 is 4.74 Å². The average Bonchev–Trinajstić information content (AvgIpc) is 2.29. The lowest BCUT2D eigenvalue weighted by atomic mass is 10.0. The van der Waals surface area contributed by atoms with Gasteiger partial charge in [0.25, 0.3) is 0 Å². The van der Waals surface area contributed by atoms with Crippen molar-refractivity contribution in [3.63, 3.8) is 0 Å². The molecule has 0 bridgehead atoms. The van der Waals surface area contributed by atoms with Crippen LogP contribution in [0.5, 0.6) is 5.75 Å². The number of ether oxygens (including phenoxy) is 1. The summed E-state index contributed by atoms with van der Waals surface area (Å²) in [4.78, 5) is 0. The van der Waals surface area contributed by atoms with Crippen molar-refractivity contribution in [3.05, 3.63) is 42.0 Å². The summed E-state index contributed by atoms with van der Waals surface area (Å²) in [5.74, 6) is 0.784. The fourth-order valence-electron chi connectivity index (χ4n) is 1.68. The number of benzene rings is 2. The first-order valence-electron chi connectivity index (χ1n) is 4.91. The summed E-state index contributed by atoms with van der Waals surface area (Å²) in [6.07, 6.45) is 0. The molecule has 0 saturated carbocycles. The molecule has 0 unspecified atom stereocenters. The van der Waals surface area contributed by atoms with Crippen molar-refractivity contribution in [2.24, 2.45) is 0 Å². The second-order valence-electron chi connectivity index (χ2n) is 3.20. The van der Waals surface area contributed by atoms with Crippen LogP contribution in [0.4, 0.5) is 0 Å². The molecule has 2 aromatic carbocycles. The van der Waals surface area contributed by atoms with E-state index in [-0.39, 0.29) is 0 Å². The van der Waals surface area contributed by atoms with E-state index in [9.17, 15) is 0 Å². The minimum atomic E-state index is 0.610. The normalized spacial score (nSPS) is 9.87.